The summed E-state index contributed by atoms with van der Waals surface area (Å²) < 4.78 is 7.65. The Bertz CT molecular complexity index is 1050. The van der Waals surface area contributed by atoms with Crippen molar-refractivity contribution in [2.24, 2.45) is 5.41 Å². The van der Waals surface area contributed by atoms with Crippen LogP contribution in [-0.2, 0) is 28.9 Å². The summed E-state index contributed by atoms with van der Waals surface area (Å²) in [5.74, 6) is -0.194. The molecule has 0 amide bonds. The molecule has 0 aliphatic carbocycles. The number of halogens is 1. The van der Waals surface area contributed by atoms with Crippen LogP contribution in [0.2, 0.25) is 5.02 Å². The van der Waals surface area contributed by atoms with Crippen molar-refractivity contribution in [3.8, 4) is 22.3 Å². The molecule has 0 bridgehead atoms. The summed E-state index contributed by atoms with van der Waals surface area (Å²) in [6.07, 6.45) is 1.22. The Balaban J connectivity index is 2.00. The molecule has 4 heteroatoms. The summed E-state index contributed by atoms with van der Waals surface area (Å²) >= 11 is 6.34. The van der Waals surface area contributed by atoms with E-state index in [1.165, 1.54) is 16.8 Å². The lowest BCUT2D eigenvalue weighted by Gasteiger charge is -2.19. The van der Waals surface area contributed by atoms with E-state index in [0.29, 0.717) is 11.6 Å². The lowest BCUT2D eigenvalue weighted by atomic mass is 9.86. The van der Waals surface area contributed by atoms with Gasteiger partial charge in [-0.2, -0.15) is 0 Å². The van der Waals surface area contributed by atoms with Crippen molar-refractivity contribution >= 4 is 17.6 Å². The first-order chi connectivity index (χ1) is 13.9. The predicted octanol–water partition coefficient (Wildman–Crippen LogP) is 6.16. The van der Waals surface area contributed by atoms with Crippen LogP contribution in [0.1, 0.15) is 32.2 Å². The van der Waals surface area contributed by atoms with E-state index in [0.717, 1.165) is 29.8 Å². The third-order valence-electron chi connectivity index (χ3n) is 5.50. The Labute approximate surface area is 177 Å². The van der Waals surface area contributed by atoms with Crippen LogP contribution in [0.15, 0.2) is 54.6 Å². The number of carbonyl (C=O) groups excluding carboxylic acids is 1. The summed E-state index contributed by atoms with van der Waals surface area (Å²) in [4.78, 5) is 12.5. The molecule has 0 unspecified atom stereocenters. The maximum atomic E-state index is 12.5. The van der Waals surface area contributed by atoms with Crippen LogP contribution in [0, 0.1) is 5.41 Å². The summed E-state index contributed by atoms with van der Waals surface area (Å²) in [6.45, 7) is 7.67. The van der Waals surface area contributed by atoms with Crippen molar-refractivity contribution < 1.29 is 9.53 Å². The Kier molecular flexibility index (Phi) is 5.26. The van der Waals surface area contributed by atoms with E-state index in [1.54, 1.807) is 0 Å². The first-order valence-corrected chi connectivity index (χ1v) is 10.5. The van der Waals surface area contributed by atoms with Gasteiger partial charge >= 0.3 is 5.97 Å². The average molecular weight is 408 g/mol. The number of carbonyl (C=O) groups is 1. The Morgan fingerprint density at radius 3 is 2.48 bits per heavy atom. The Morgan fingerprint density at radius 1 is 1.07 bits per heavy atom. The van der Waals surface area contributed by atoms with Crippen molar-refractivity contribution in [3.63, 3.8) is 0 Å². The second-order valence-corrected chi connectivity index (χ2v) is 8.87. The van der Waals surface area contributed by atoms with E-state index < -0.39 is 0 Å². The Morgan fingerprint density at radius 2 is 1.79 bits per heavy atom. The molecule has 2 heterocycles. The largest absolute Gasteiger partial charge is 0.466 e. The molecule has 2 aromatic carbocycles. The first-order valence-electron chi connectivity index (χ1n) is 10.1. The van der Waals surface area contributed by atoms with Crippen LogP contribution >= 0.6 is 11.6 Å². The molecule has 0 spiro atoms. The van der Waals surface area contributed by atoms with Gasteiger partial charge in [-0.15, -0.1) is 0 Å². The fourth-order valence-electron chi connectivity index (χ4n) is 4.44. The zero-order valence-corrected chi connectivity index (χ0v) is 17.9. The molecule has 150 valence electrons. The molecule has 4 rings (SSSR count). The summed E-state index contributed by atoms with van der Waals surface area (Å²) in [7, 11) is 0. The average Bonchev–Trinajstić information content (AvgIpc) is 3.13. The molecule has 0 radical (unpaired) electrons. The number of hydrogen-bond donors (Lipinski definition) is 0. The van der Waals surface area contributed by atoms with Gasteiger partial charge < -0.3 is 9.30 Å². The standard InChI is InChI=1S/C25H26ClNO2/c1-4-29-22(28)14-20-24(18-11-8-12-19(26)13-18)23(17-9-6-5-7-10-17)21-15-25(2,3)16-27(20)21/h5-13H,4,14-16H2,1-3H3. The van der Waals surface area contributed by atoms with Gasteiger partial charge in [-0.05, 0) is 42.0 Å². The van der Waals surface area contributed by atoms with Gasteiger partial charge in [0.2, 0.25) is 0 Å². The molecular formula is C25H26ClNO2. The molecule has 1 aromatic heterocycles. The van der Waals surface area contributed by atoms with Gasteiger partial charge in [-0.25, -0.2) is 0 Å². The summed E-state index contributed by atoms with van der Waals surface area (Å²) in [6, 6.07) is 18.3. The highest BCUT2D eigenvalue weighted by Crippen LogP contribution is 2.47. The lowest BCUT2D eigenvalue weighted by molar-refractivity contribution is -0.142. The van der Waals surface area contributed by atoms with Crippen LogP contribution in [0.4, 0.5) is 0 Å². The molecular weight excluding hydrogens is 382 g/mol. The highest BCUT2D eigenvalue weighted by molar-refractivity contribution is 6.30. The van der Waals surface area contributed by atoms with Gasteiger partial charge in [-0.1, -0.05) is 67.9 Å². The number of benzene rings is 2. The summed E-state index contributed by atoms with van der Waals surface area (Å²) in [5.41, 5.74) is 6.96. The Hall–Kier alpha value is -2.52. The number of esters is 1. The number of fused-ring (bicyclic) bond motifs is 1. The SMILES string of the molecule is CCOC(=O)Cc1c(-c2cccc(Cl)c2)c(-c2ccccc2)c2n1CC(C)(C)C2. The number of rotatable bonds is 5. The number of hydrogen-bond acceptors (Lipinski definition) is 2. The molecule has 0 N–H and O–H groups in total. The molecule has 0 saturated heterocycles. The van der Waals surface area contributed by atoms with Gasteiger partial charge in [-0.3, -0.25) is 4.79 Å². The van der Waals surface area contributed by atoms with Crippen LogP contribution < -0.4 is 0 Å². The minimum atomic E-state index is -0.194. The molecule has 1 aliphatic rings. The van der Waals surface area contributed by atoms with E-state index in [9.17, 15) is 4.79 Å². The third-order valence-corrected chi connectivity index (χ3v) is 5.74. The van der Waals surface area contributed by atoms with Crippen molar-refractivity contribution in [2.75, 3.05) is 6.61 Å². The zero-order chi connectivity index (χ0) is 20.6. The van der Waals surface area contributed by atoms with Gasteiger partial charge in [0.15, 0.2) is 0 Å². The minimum absolute atomic E-state index is 0.148. The van der Waals surface area contributed by atoms with Crippen LogP contribution in [0.5, 0.6) is 0 Å². The monoisotopic (exact) mass is 407 g/mol. The highest BCUT2D eigenvalue weighted by atomic mass is 35.5. The van der Waals surface area contributed by atoms with Crippen molar-refractivity contribution in [2.45, 2.75) is 40.2 Å². The van der Waals surface area contributed by atoms with E-state index in [4.69, 9.17) is 16.3 Å². The van der Waals surface area contributed by atoms with E-state index >= 15 is 0 Å². The quantitative estimate of drug-likeness (QED) is 0.474. The summed E-state index contributed by atoms with van der Waals surface area (Å²) in [5, 5.41) is 0.690. The second kappa shape index (κ2) is 7.72. The predicted molar refractivity (Wildman–Crippen MR) is 118 cm³/mol. The maximum Gasteiger partial charge on any atom is 0.311 e. The molecule has 3 aromatic rings. The van der Waals surface area contributed by atoms with Crippen molar-refractivity contribution in [1.29, 1.82) is 0 Å². The number of aromatic nitrogens is 1. The van der Waals surface area contributed by atoms with Crippen LogP contribution in [0.3, 0.4) is 0 Å². The molecule has 29 heavy (non-hydrogen) atoms. The molecule has 0 saturated carbocycles. The topological polar surface area (TPSA) is 31.2 Å². The smallest absolute Gasteiger partial charge is 0.311 e. The van der Waals surface area contributed by atoms with E-state index in [-0.39, 0.29) is 17.8 Å². The zero-order valence-electron chi connectivity index (χ0n) is 17.2. The molecule has 1 aliphatic heterocycles. The second-order valence-electron chi connectivity index (χ2n) is 8.43. The van der Waals surface area contributed by atoms with Crippen molar-refractivity contribution in [3.05, 3.63) is 71.0 Å². The fourth-order valence-corrected chi connectivity index (χ4v) is 4.63. The maximum absolute atomic E-state index is 12.5. The number of nitrogens with zero attached hydrogens (tertiary/aromatic N) is 1. The van der Waals surface area contributed by atoms with E-state index in [2.05, 4.69) is 48.7 Å². The lowest BCUT2D eigenvalue weighted by Crippen LogP contribution is -2.16. The van der Waals surface area contributed by atoms with Gasteiger partial charge in [0.1, 0.15) is 0 Å². The van der Waals surface area contributed by atoms with Crippen LogP contribution in [0.25, 0.3) is 22.3 Å². The van der Waals surface area contributed by atoms with Gasteiger partial charge in [0.05, 0.1) is 13.0 Å². The molecule has 3 nitrogen and oxygen atoms in total. The third kappa shape index (κ3) is 3.84. The minimum Gasteiger partial charge on any atom is -0.466 e. The highest BCUT2D eigenvalue weighted by Gasteiger charge is 2.36. The van der Waals surface area contributed by atoms with Crippen molar-refractivity contribution in [1.82, 2.24) is 4.57 Å². The van der Waals surface area contributed by atoms with Crippen LogP contribution in [-0.4, -0.2) is 17.1 Å². The molecule has 0 atom stereocenters. The van der Waals surface area contributed by atoms with E-state index in [1.807, 2.05) is 31.2 Å². The normalized spacial score (nSPS) is 14.6. The molecule has 0 fully saturated rings. The first kappa shape index (κ1) is 19.8. The fraction of sp³-hybridized carbons (Fsp3) is 0.320. The van der Waals surface area contributed by atoms with Gasteiger partial charge in [0.25, 0.3) is 0 Å². The van der Waals surface area contributed by atoms with Gasteiger partial charge in [0, 0.05) is 34.1 Å². The number of ether oxygens (including phenoxy) is 1.